The van der Waals surface area contributed by atoms with Crippen LogP contribution in [0.3, 0.4) is 0 Å². The van der Waals surface area contributed by atoms with Crippen LogP contribution in [0.4, 0.5) is 11.6 Å². The molecule has 8 heteroatoms. The number of benzene rings is 1. The van der Waals surface area contributed by atoms with Crippen LogP contribution in [-0.4, -0.2) is 40.4 Å². The monoisotopic (exact) mass is 359 g/mol. The lowest BCUT2D eigenvalue weighted by Gasteiger charge is -2.31. The Balaban J connectivity index is 1.72. The third-order valence-electron chi connectivity index (χ3n) is 4.45. The van der Waals surface area contributed by atoms with Gasteiger partial charge in [-0.25, -0.2) is 4.98 Å². The molecule has 0 saturated carbocycles. The molecule has 1 amide bonds. The van der Waals surface area contributed by atoms with E-state index in [1.807, 2.05) is 10.6 Å². The van der Waals surface area contributed by atoms with Gasteiger partial charge in [0.1, 0.15) is 12.0 Å². The Morgan fingerprint density at radius 3 is 2.88 bits per heavy atom. The molecule has 140 valence electrons. The average molecular weight is 359 g/mol. The second-order valence-corrected chi connectivity index (χ2v) is 6.94. The molecule has 1 aliphatic rings. The maximum atomic E-state index is 12.0. The van der Waals surface area contributed by atoms with Gasteiger partial charge in [0, 0.05) is 19.0 Å². The normalized spacial score (nSPS) is 15.4. The maximum Gasteiger partial charge on any atom is 0.268 e. The summed E-state index contributed by atoms with van der Waals surface area (Å²) in [5.74, 6) is 0.876. The predicted molar refractivity (Wildman–Crippen MR) is 100 cm³/mol. The van der Waals surface area contributed by atoms with Crippen LogP contribution in [0.2, 0.25) is 0 Å². The van der Waals surface area contributed by atoms with Gasteiger partial charge >= 0.3 is 0 Å². The maximum absolute atomic E-state index is 12.0. The lowest BCUT2D eigenvalue weighted by atomic mass is 10.1. The van der Waals surface area contributed by atoms with Gasteiger partial charge < -0.3 is 30.5 Å². The molecule has 2 heterocycles. The molecule has 0 radical (unpaired) electrons. The van der Waals surface area contributed by atoms with Gasteiger partial charge in [0.25, 0.3) is 5.91 Å². The van der Waals surface area contributed by atoms with E-state index in [1.165, 1.54) is 0 Å². The molecule has 0 bridgehead atoms. The van der Waals surface area contributed by atoms with E-state index in [-0.39, 0.29) is 5.91 Å². The van der Waals surface area contributed by atoms with Gasteiger partial charge in [-0.3, -0.25) is 4.79 Å². The van der Waals surface area contributed by atoms with Crippen molar-refractivity contribution in [3.05, 3.63) is 12.1 Å². The van der Waals surface area contributed by atoms with Gasteiger partial charge in [0.05, 0.1) is 16.7 Å². The number of carbonyl (C=O) groups is 2. The third-order valence-corrected chi connectivity index (χ3v) is 4.45. The lowest BCUT2D eigenvalue weighted by molar-refractivity contribution is -0.129. The van der Waals surface area contributed by atoms with Gasteiger partial charge in [-0.05, 0) is 45.8 Å². The number of hydrogen-bond donors (Lipinski definition) is 3. The van der Waals surface area contributed by atoms with Crippen molar-refractivity contribution in [1.29, 1.82) is 0 Å². The topological polar surface area (TPSA) is 111 Å². The van der Waals surface area contributed by atoms with E-state index >= 15 is 0 Å². The average Bonchev–Trinajstić information content (AvgIpc) is 2.88. The van der Waals surface area contributed by atoms with E-state index in [9.17, 15) is 9.59 Å². The molecule has 1 aromatic heterocycles. The lowest BCUT2D eigenvalue weighted by Crippen LogP contribution is -2.45. The summed E-state index contributed by atoms with van der Waals surface area (Å²) in [6, 6.07) is 3.68. The highest BCUT2D eigenvalue weighted by Crippen LogP contribution is 2.37. The van der Waals surface area contributed by atoms with Gasteiger partial charge in [0.15, 0.2) is 5.60 Å². The number of imidazole rings is 1. The van der Waals surface area contributed by atoms with Crippen molar-refractivity contribution in [1.82, 2.24) is 14.9 Å². The van der Waals surface area contributed by atoms with E-state index < -0.39 is 5.60 Å². The number of nitrogens with two attached hydrogens (primary N) is 1. The molecule has 0 saturated heterocycles. The molecule has 0 fully saturated rings. The largest absolute Gasteiger partial charge is 0.476 e. The number of aryl methyl sites for hydroxylation is 1. The zero-order valence-corrected chi connectivity index (χ0v) is 15.2. The minimum atomic E-state index is -0.914. The molecular weight excluding hydrogens is 334 g/mol. The summed E-state index contributed by atoms with van der Waals surface area (Å²) in [5, 5.41) is 6.17. The van der Waals surface area contributed by atoms with E-state index in [4.69, 9.17) is 10.5 Å². The van der Waals surface area contributed by atoms with Crippen molar-refractivity contribution in [3.8, 4) is 5.75 Å². The summed E-state index contributed by atoms with van der Waals surface area (Å²) >= 11 is 0. The van der Waals surface area contributed by atoms with Crippen LogP contribution >= 0.6 is 0 Å². The number of aldehydes is 1. The molecule has 1 aromatic carbocycles. The van der Waals surface area contributed by atoms with Gasteiger partial charge in [-0.1, -0.05) is 0 Å². The summed E-state index contributed by atoms with van der Waals surface area (Å²) in [6.45, 7) is 5.85. The predicted octanol–water partition coefficient (Wildman–Crippen LogP) is 1.69. The first-order valence-electron chi connectivity index (χ1n) is 8.87. The number of fused-ring (bicyclic) bond motifs is 2. The highest BCUT2D eigenvalue weighted by atomic mass is 16.5. The molecule has 4 N–H and O–H groups in total. The number of unbranched alkanes of at least 4 members (excludes halogenated alkanes) is 1. The Morgan fingerprint density at radius 2 is 2.12 bits per heavy atom. The van der Waals surface area contributed by atoms with Crippen molar-refractivity contribution in [2.75, 3.05) is 24.1 Å². The number of anilines is 2. The molecule has 3 rings (SSSR count). The number of nitrogens with one attached hydrogen (secondary N) is 2. The summed E-state index contributed by atoms with van der Waals surface area (Å²) in [5.41, 5.74) is 7.39. The summed E-state index contributed by atoms with van der Waals surface area (Å²) in [4.78, 5) is 26.7. The molecule has 0 atom stereocenters. The van der Waals surface area contributed by atoms with Crippen LogP contribution in [0, 0.1) is 0 Å². The van der Waals surface area contributed by atoms with Gasteiger partial charge in [-0.2, -0.15) is 0 Å². The number of nitrogens with zero attached hydrogens (tertiary/aromatic N) is 2. The number of rotatable bonds is 8. The zero-order chi connectivity index (χ0) is 18.7. The van der Waals surface area contributed by atoms with E-state index in [0.29, 0.717) is 23.8 Å². The molecule has 0 spiro atoms. The van der Waals surface area contributed by atoms with Crippen LogP contribution in [0.25, 0.3) is 11.0 Å². The fourth-order valence-corrected chi connectivity index (χ4v) is 2.98. The highest BCUT2D eigenvalue weighted by molar-refractivity contribution is 6.02. The third kappa shape index (κ3) is 3.65. The van der Waals surface area contributed by atoms with Crippen molar-refractivity contribution < 1.29 is 14.3 Å². The summed E-state index contributed by atoms with van der Waals surface area (Å²) in [7, 11) is 0. The fourth-order valence-electron chi connectivity index (χ4n) is 2.98. The van der Waals surface area contributed by atoms with Crippen LogP contribution in [0.15, 0.2) is 12.1 Å². The van der Waals surface area contributed by atoms with Crippen molar-refractivity contribution in [2.45, 2.75) is 45.3 Å². The Labute approximate surface area is 152 Å². The van der Waals surface area contributed by atoms with Crippen LogP contribution in [0.1, 0.15) is 33.1 Å². The van der Waals surface area contributed by atoms with Gasteiger partial charge in [0.2, 0.25) is 5.95 Å². The Kier molecular flexibility index (Phi) is 5.13. The molecule has 0 unspecified atom stereocenters. The molecule has 1 aliphatic heterocycles. The quantitative estimate of drug-likeness (QED) is 0.488. The minimum absolute atomic E-state index is 0.183. The second kappa shape index (κ2) is 7.33. The summed E-state index contributed by atoms with van der Waals surface area (Å²) < 4.78 is 7.80. The minimum Gasteiger partial charge on any atom is -0.476 e. The molecule has 8 nitrogen and oxygen atoms in total. The second-order valence-electron chi connectivity index (χ2n) is 6.94. The van der Waals surface area contributed by atoms with E-state index in [1.54, 1.807) is 19.9 Å². The number of carbonyl (C=O) groups excluding carboxylic acids is 2. The fraction of sp³-hybridized carbons (Fsp3) is 0.500. The Morgan fingerprint density at radius 1 is 1.35 bits per heavy atom. The first-order valence-corrected chi connectivity index (χ1v) is 8.87. The number of amides is 1. The standard InChI is InChI=1S/C18H25N5O3/c1-18(2)16(25)21-13-10-12-14(11-15(13)26-18)23(17(19)22-12)8-5-7-20-6-3-4-9-24/h9-11,20H,3-8H2,1-2H3,(H2,19,22)(H,21,25). The molecule has 26 heavy (non-hydrogen) atoms. The first kappa shape index (κ1) is 18.2. The highest BCUT2D eigenvalue weighted by Gasteiger charge is 2.35. The first-order chi connectivity index (χ1) is 12.4. The van der Waals surface area contributed by atoms with Crippen LogP contribution < -0.4 is 21.1 Å². The van der Waals surface area contributed by atoms with Crippen LogP contribution in [0.5, 0.6) is 5.75 Å². The number of ether oxygens (including phenoxy) is 1. The van der Waals surface area contributed by atoms with E-state index in [2.05, 4.69) is 15.6 Å². The molecule has 0 aliphatic carbocycles. The Hall–Kier alpha value is -2.61. The zero-order valence-electron chi connectivity index (χ0n) is 15.2. The molecule has 2 aromatic rings. The smallest absolute Gasteiger partial charge is 0.268 e. The summed E-state index contributed by atoms with van der Waals surface area (Å²) in [6.07, 6.45) is 3.26. The Bertz CT molecular complexity index is 828. The van der Waals surface area contributed by atoms with E-state index in [0.717, 1.165) is 49.8 Å². The number of hydrogen-bond acceptors (Lipinski definition) is 6. The number of nitrogen functional groups attached to an aromatic ring is 1. The van der Waals surface area contributed by atoms with Crippen LogP contribution in [-0.2, 0) is 16.1 Å². The van der Waals surface area contributed by atoms with Crippen molar-refractivity contribution in [2.24, 2.45) is 0 Å². The van der Waals surface area contributed by atoms with Gasteiger partial charge in [-0.15, -0.1) is 0 Å². The van der Waals surface area contributed by atoms with Crippen molar-refractivity contribution >= 4 is 34.9 Å². The van der Waals surface area contributed by atoms with Crippen molar-refractivity contribution in [3.63, 3.8) is 0 Å². The SMILES string of the molecule is CC1(C)Oc2cc3c(cc2NC1=O)nc(N)n3CCCNCCCC=O. The number of aromatic nitrogens is 2. The molecular formula is C18H25N5O3.